The smallest absolute Gasteiger partial charge is 0.339 e. The Morgan fingerprint density at radius 3 is 2.60 bits per heavy atom. The molecule has 0 bridgehead atoms. The highest BCUT2D eigenvalue weighted by Crippen LogP contribution is 2.37. The molecule has 0 atom stereocenters. The van der Waals surface area contributed by atoms with E-state index in [1.165, 1.54) is 18.9 Å². The molecule has 0 heterocycles. The van der Waals surface area contributed by atoms with E-state index in [9.17, 15) is 4.79 Å². The molecule has 0 aliphatic rings. The Morgan fingerprint density at radius 1 is 1.20 bits per heavy atom. The molecule has 2 N–H and O–H groups in total. The lowest BCUT2D eigenvalue weighted by Crippen LogP contribution is -2.05. The molecule has 0 unspecified atom stereocenters. The maximum absolute atomic E-state index is 11.8. The second-order valence-corrected chi connectivity index (χ2v) is 5.79. The number of ether oxygens (including phenoxy) is 1. The van der Waals surface area contributed by atoms with Gasteiger partial charge < -0.3 is 10.5 Å². The number of methoxy groups -OCH3 is 1. The summed E-state index contributed by atoms with van der Waals surface area (Å²) < 4.78 is 4.76. The number of benzene rings is 2. The number of hydrogen-bond acceptors (Lipinski definition) is 4. The summed E-state index contributed by atoms with van der Waals surface area (Å²) in [6.07, 6.45) is 0. The topological polar surface area (TPSA) is 52.3 Å². The van der Waals surface area contributed by atoms with Crippen LogP contribution >= 0.6 is 35.0 Å². The second kappa shape index (κ2) is 6.39. The van der Waals surface area contributed by atoms with E-state index in [4.69, 9.17) is 33.7 Å². The van der Waals surface area contributed by atoms with Crippen LogP contribution in [0.5, 0.6) is 0 Å². The van der Waals surface area contributed by atoms with Crippen molar-refractivity contribution < 1.29 is 9.53 Å². The lowest BCUT2D eigenvalue weighted by Gasteiger charge is -2.10. The van der Waals surface area contributed by atoms with Crippen LogP contribution in [-0.4, -0.2) is 13.1 Å². The monoisotopic (exact) mass is 327 g/mol. The summed E-state index contributed by atoms with van der Waals surface area (Å²) in [5.41, 5.74) is 6.87. The molecular weight excluding hydrogens is 317 g/mol. The Balaban J connectivity index is 2.42. The molecule has 0 amide bonds. The molecule has 0 saturated carbocycles. The zero-order valence-corrected chi connectivity index (χ0v) is 12.9. The van der Waals surface area contributed by atoms with Gasteiger partial charge in [-0.05, 0) is 30.3 Å². The van der Waals surface area contributed by atoms with Gasteiger partial charge in [0.25, 0.3) is 0 Å². The van der Waals surface area contributed by atoms with Crippen molar-refractivity contribution in [1.82, 2.24) is 0 Å². The molecule has 0 saturated heterocycles. The van der Waals surface area contributed by atoms with Crippen LogP contribution in [0.4, 0.5) is 5.69 Å². The standard InChI is InChI=1S/C14H11Cl2NO2S/c1-19-14(18)9-3-2-4-12(17)13(9)20-8-5-6-10(15)11(16)7-8/h2-7H,17H2,1H3. The van der Waals surface area contributed by atoms with E-state index in [1.807, 2.05) is 6.07 Å². The zero-order valence-electron chi connectivity index (χ0n) is 10.5. The van der Waals surface area contributed by atoms with Crippen LogP contribution < -0.4 is 5.73 Å². The van der Waals surface area contributed by atoms with Gasteiger partial charge in [-0.3, -0.25) is 0 Å². The van der Waals surface area contributed by atoms with Crippen molar-refractivity contribution in [2.24, 2.45) is 0 Å². The van der Waals surface area contributed by atoms with Crippen LogP contribution in [0, 0.1) is 0 Å². The molecule has 20 heavy (non-hydrogen) atoms. The third-order valence-corrected chi connectivity index (χ3v) is 4.45. The van der Waals surface area contributed by atoms with E-state index in [1.54, 1.807) is 30.3 Å². The Hall–Kier alpha value is -1.36. The summed E-state index contributed by atoms with van der Waals surface area (Å²) in [4.78, 5) is 13.2. The van der Waals surface area contributed by atoms with Gasteiger partial charge in [-0.15, -0.1) is 0 Å². The van der Waals surface area contributed by atoms with E-state index >= 15 is 0 Å². The maximum Gasteiger partial charge on any atom is 0.339 e. The van der Waals surface area contributed by atoms with Crippen molar-refractivity contribution in [3.63, 3.8) is 0 Å². The van der Waals surface area contributed by atoms with Gasteiger partial charge >= 0.3 is 5.97 Å². The zero-order chi connectivity index (χ0) is 14.7. The lowest BCUT2D eigenvalue weighted by molar-refractivity contribution is 0.0597. The van der Waals surface area contributed by atoms with Crippen molar-refractivity contribution >= 4 is 46.6 Å². The summed E-state index contributed by atoms with van der Waals surface area (Å²) in [6, 6.07) is 10.3. The van der Waals surface area contributed by atoms with Crippen LogP contribution in [-0.2, 0) is 4.74 Å². The van der Waals surface area contributed by atoms with Crippen LogP contribution in [0.2, 0.25) is 10.0 Å². The molecule has 0 spiro atoms. The average Bonchev–Trinajstić information content (AvgIpc) is 2.44. The summed E-state index contributed by atoms with van der Waals surface area (Å²) >= 11 is 13.2. The third-order valence-electron chi connectivity index (χ3n) is 2.56. The number of hydrogen-bond donors (Lipinski definition) is 1. The number of nitrogens with two attached hydrogens (primary N) is 1. The minimum absolute atomic E-state index is 0.420. The van der Waals surface area contributed by atoms with E-state index in [0.717, 1.165) is 4.90 Å². The number of halogens is 2. The number of carbonyl (C=O) groups excluding carboxylic acids is 1. The second-order valence-electron chi connectivity index (χ2n) is 3.89. The SMILES string of the molecule is COC(=O)c1cccc(N)c1Sc1ccc(Cl)c(Cl)c1. The molecular formula is C14H11Cl2NO2S. The predicted molar refractivity (Wildman–Crippen MR) is 82.8 cm³/mol. The van der Waals surface area contributed by atoms with Crippen molar-refractivity contribution in [2.45, 2.75) is 9.79 Å². The van der Waals surface area contributed by atoms with Crippen molar-refractivity contribution in [2.75, 3.05) is 12.8 Å². The highest BCUT2D eigenvalue weighted by molar-refractivity contribution is 7.99. The first-order chi connectivity index (χ1) is 9.52. The maximum atomic E-state index is 11.8. The van der Waals surface area contributed by atoms with E-state index < -0.39 is 5.97 Å². The van der Waals surface area contributed by atoms with E-state index in [-0.39, 0.29) is 0 Å². The number of rotatable bonds is 3. The first-order valence-electron chi connectivity index (χ1n) is 5.62. The molecule has 0 radical (unpaired) electrons. The highest BCUT2D eigenvalue weighted by Gasteiger charge is 2.15. The number of anilines is 1. The molecule has 104 valence electrons. The normalized spacial score (nSPS) is 10.3. The van der Waals surface area contributed by atoms with Gasteiger partial charge in [-0.25, -0.2) is 4.79 Å². The van der Waals surface area contributed by atoms with Gasteiger partial charge in [0.2, 0.25) is 0 Å². The molecule has 2 aromatic carbocycles. The summed E-state index contributed by atoms with van der Waals surface area (Å²) in [6.45, 7) is 0. The minimum Gasteiger partial charge on any atom is -0.465 e. The van der Waals surface area contributed by atoms with Crippen molar-refractivity contribution in [1.29, 1.82) is 0 Å². The largest absolute Gasteiger partial charge is 0.465 e. The van der Waals surface area contributed by atoms with Gasteiger partial charge in [-0.2, -0.15) is 0 Å². The fraction of sp³-hybridized carbons (Fsp3) is 0.0714. The fourth-order valence-corrected chi connectivity index (χ4v) is 2.96. The van der Waals surface area contributed by atoms with Gasteiger partial charge in [0.15, 0.2) is 0 Å². The summed E-state index contributed by atoms with van der Waals surface area (Å²) in [5.74, 6) is -0.431. The average molecular weight is 328 g/mol. The minimum atomic E-state index is -0.431. The van der Waals surface area contributed by atoms with Crippen LogP contribution in [0.3, 0.4) is 0 Å². The fourth-order valence-electron chi connectivity index (χ4n) is 1.60. The molecule has 0 aromatic heterocycles. The van der Waals surface area contributed by atoms with Crippen molar-refractivity contribution in [3.8, 4) is 0 Å². The quantitative estimate of drug-likeness (QED) is 0.665. The molecule has 2 aromatic rings. The van der Waals surface area contributed by atoms with Crippen LogP contribution in [0.25, 0.3) is 0 Å². The van der Waals surface area contributed by atoms with Gasteiger partial charge in [0, 0.05) is 15.5 Å². The first kappa shape index (κ1) is 15.0. The summed E-state index contributed by atoms with van der Waals surface area (Å²) in [5, 5.41) is 0.927. The Morgan fingerprint density at radius 2 is 1.95 bits per heavy atom. The molecule has 0 aliphatic carbocycles. The van der Waals surface area contributed by atoms with Gasteiger partial charge in [-0.1, -0.05) is 41.0 Å². The third kappa shape index (κ3) is 3.20. The number of esters is 1. The van der Waals surface area contributed by atoms with Gasteiger partial charge in [0.1, 0.15) is 0 Å². The Kier molecular flexibility index (Phi) is 4.81. The van der Waals surface area contributed by atoms with E-state index in [0.29, 0.717) is 26.2 Å². The van der Waals surface area contributed by atoms with Crippen LogP contribution in [0.1, 0.15) is 10.4 Å². The number of carbonyl (C=O) groups is 1. The number of nitrogen functional groups attached to an aromatic ring is 1. The lowest BCUT2D eigenvalue weighted by atomic mass is 10.2. The predicted octanol–water partition coefficient (Wildman–Crippen LogP) is 4.51. The molecule has 6 heteroatoms. The summed E-state index contributed by atoms with van der Waals surface area (Å²) in [7, 11) is 1.33. The molecule has 3 nitrogen and oxygen atoms in total. The first-order valence-corrected chi connectivity index (χ1v) is 7.20. The molecule has 0 fully saturated rings. The van der Waals surface area contributed by atoms with Crippen LogP contribution in [0.15, 0.2) is 46.2 Å². The van der Waals surface area contributed by atoms with Crippen molar-refractivity contribution in [3.05, 3.63) is 52.0 Å². The highest BCUT2D eigenvalue weighted by atomic mass is 35.5. The van der Waals surface area contributed by atoms with Gasteiger partial charge in [0.05, 0.1) is 22.7 Å². The molecule has 2 rings (SSSR count). The molecule has 0 aliphatic heterocycles. The Labute approximate surface area is 131 Å². The van der Waals surface area contributed by atoms with E-state index in [2.05, 4.69) is 0 Å². The Bertz CT molecular complexity index is 662.